The van der Waals surface area contributed by atoms with Crippen molar-refractivity contribution in [2.24, 2.45) is 5.92 Å². The summed E-state index contributed by atoms with van der Waals surface area (Å²) >= 11 is 6.69. The van der Waals surface area contributed by atoms with Gasteiger partial charge in [-0.1, -0.05) is 28.1 Å². The number of nitrogens with zero attached hydrogens (tertiary/aromatic N) is 1. The second-order valence-electron chi connectivity index (χ2n) is 6.42. The molecule has 0 N–H and O–H groups in total. The van der Waals surface area contributed by atoms with Crippen LogP contribution in [0.4, 0.5) is 13.2 Å². The van der Waals surface area contributed by atoms with Gasteiger partial charge in [-0.25, -0.2) is 4.98 Å². The molecular weight excluding hydrogens is 539 g/mol. The third-order valence-corrected chi connectivity index (χ3v) is 5.24. The van der Waals surface area contributed by atoms with Crippen LogP contribution < -0.4 is 0 Å². The summed E-state index contributed by atoms with van der Waals surface area (Å²) in [4.78, 5) is 26.1. The summed E-state index contributed by atoms with van der Waals surface area (Å²) in [7, 11) is 0. The van der Waals surface area contributed by atoms with Crippen LogP contribution in [0, 0.1) is 5.92 Å². The second-order valence-corrected chi connectivity index (χ2v) is 8.25. The van der Waals surface area contributed by atoms with Gasteiger partial charge < -0.3 is 13.9 Å². The normalized spacial score (nSPS) is 12.7. The molecule has 1 atom stereocenters. The smallest absolute Gasteiger partial charge is 0.416 e. The lowest BCUT2D eigenvalue weighted by atomic mass is 10.1. The van der Waals surface area contributed by atoms with Crippen LogP contribution in [0.2, 0.25) is 0 Å². The van der Waals surface area contributed by atoms with E-state index in [4.69, 9.17) is 13.9 Å². The lowest BCUT2D eigenvalue weighted by Gasteiger charge is -2.18. The first-order valence-electron chi connectivity index (χ1n) is 8.72. The van der Waals surface area contributed by atoms with E-state index in [1.165, 1.54) is 26.0 Å². The molecule has 0 radical (unpaired) electrons. The Morgan fingerprint density at radius 1 is 1.10 bits per heavy atom. The van der Waals surface area contributed by atoms with E-state index in [2.05, 4.69) is 36.8 Å². The fraction of sp³-hybridized carbons (Fsp3) is 0.421. The molecule has 1 unspecified atom stereocenters. The van der Waals surface area contributed by atoms with Crippen LogP contribution in [-0.4, -0.2) is 30.1 Å². The minimum atomic E-state index is -4.43. The van der Waals surface area contributed by atoms with E-state index < -0.39 is 28.5 Å². The maximum atomic E-state index is 12.7. The fourth-order valence-electron chi connectivity index (χ4n) is 2.49. The molecule has 30 heavy (non-hydrogen) atoms. The highest BCUT2D eigenvalue weighted by molar-refractivity contribution is 9.10. The first kappa shape index (κ1) is 24.4. The van der Waals surface area contributed by atoms with Gasteiger partial charge in [-0.05, 0) is 34.5 Å². The number of rotatable bonds is 8. The Morgan fingerprint density at radius 3 is 2.10 bits per heavy atom. The number of oxazole rings is 1. The molecule has 1 heterocycles. The van der Waals surface area contributed by atoms with Crippen molar-refractivity contribution in [1.29, 1.82) is 0 Å². The maximum Gasteiger partial charge on any atom is 0.416 e. The van der Waals surface area contributed by atoms with Gasteiger partial charge in [0.2, 0.25) is 5.89 Å². The van der Waals surface area contributed by atoms with Gasteiger partial charge in [-0.15, -0.1) is 0 Å². The SMILES string of the molecule is CC(=O)OCC(COC(C)=O)CC(Br)c1nc(-c2ccc(C(F)(F)F)cc2)c(Br)o1. The van der Waals surface area contributed by atoms with Crippen molar-refractivity contribution in [2.75, 3.05) is 13.2 Å². The van der Waals surface area contributed by atoms with Gasteiger partial charge in [0.1, 0.15) is 5.69 Å². The monoisotopic (exact) mass is 555 g/mol. The minimum absolute atomic E-state index is 0.0400. The molecular formula is C19H18Br2F3NO5. The minimum Gasteiger partial charge on any atom is -0.465 e. The molecule has 0 saturated carbocycles. The van der Waals surface area contributed by atoms with Crippen molar-refractivity contribution in [3.8, 4) is 11.3 Å². The third-order valence-electron chi connectivity index (χ3n) is 3.94. The largest absolute Gasteiger partial charge is 0.465 e. The first-order valence-corrected chi connectivity index (χ1v) is 10.4. The number of hydrogen-bond acceptors (Lipinski definition) is 6. The molecule has 11 heteroatoms. The molecule has 0 bridgehead atoms. The van der Waals surface area contributed by atoms with Gasteiger partial charge in [0.25, 0.3) is 0 Å². The molecule has 0 saturated heterocycles. The summed E-state index contributed by atoms with van der Waals surface area (Å²) in [5.74, 6) is -0.968. The summed E-state index contributed by atoms with van der Waals surface area (Å²) in [6, 6.07) is 4.55. The molecule has 0 aliphatic carbocycles. The van der Waals surface area contributed by atoms with Crippen molar-refractivity contribution in [3.05, 3.63) is 40.4 Å². The van der Waals surface area contributed by atoms with E-state index in [1.54, 1.807) is 0 Å². The molecule has 1 aromatic carbocycles. The van der Waals surface area contributed by atoms with Crippen LogP contribution in [0.3, 0.4) is 0 Å². The van der Waals surface area contributed by atoms with Gasteiger partial charge in [0.05, 0.1) is 23.6 Å². The Labute approximate surface area is 187 Å². The number of halogens is 5. The van der Waals surface area contributed by atoms with E-state index in [0.29, 0.717) is 17.7 Å². The Bertz CT molecular complexity index is 865. The van der Waals surface area contributed by atoms with Crippen LogP contribution in [0.5, 0.6) is 0 Å². The van der Waals surface area contributed by atoms with Crippen molar-refractivity contribution in [3.63, 3.8) is 0 Å². The summed E-state index contributed by atoms with van der Waals surface area (Å²) in [5, 5.41) is 0. The van der Waals surface area contributed by atoms with Gasteiger partial charge in [0.15, 0.2) is 4.67 Å². The lowest BCUT2D eigenvalue weighted by molar-refractivity contribution is -0.146. The highest BCUT2D eigenvalue weighted by Crippen LogP contribution is 2.37. The molecule has 2 aromatic rings. The predicted molar refractivity (Wildman–Crippen MR) is 108 cm³/mol. The van der Waals surface area contributed by atoms with Crippen LogP contribution in [0.1, 0.15) is 36.5 Å². The molecule has 1 aromatic heterocycles. The van der Waals surface area contributed by atoms with E-state index in [9.17, 15) is 22.8 Å². The molecule has 6 nitrogen and oxygen atoms in total. The fourth-order valence-corrected chi connectivity index (χ4v) is 3.70. The molecule has 0 aliphatic heterocycles. The molecule has 2 rings (SSSR count). The number of hydrogen-bond donors (Lipinski definition) is 0. The lowest BCUT2D eigenvalue weighted by Crippen LogP contribution is -2.20. The van der Waals surface area contributed by atoms with Crippen molar-refractivity contribution in [2.45, 2.75) is 31.3 Å². The molecule has 0 amide bonds. The standard InChI is InChI=1S/C19H18Br2F3NO5/c1-10(26)28-8-12(9-29-11(2)27)7-15(20)18-25-16(17(21)30-18)13-3-5-14(6-4-13)19(22,23)24/h3-6,12,15H,7-9H2,1-2H3. The molecule has 0 aliphatic rings. The van der Waals surface area contributed by atoms with Gasteiger partial charge in [0, 0.05) is 25.3 Å². The van der Waals surface area contributed by atoms with Crippen molar-refractivity contribution in [1.82, 2.24) is 4.98 Å². The Balaban J connectivity index is 2.14. The number of ether oxygens (including phenoxy) is 2. The van der Waals surface area contributed by atoms with E-state index in [0.717, 1.165) is 12.1 Å². The summed E-state index contributed by atoms with van der Waals surface area (Å²) in [6.45, 7) is 2.63. The average molecular weight is 557 g/mol. The number of carbonyl (C=O) groups is 2. The Morgan fingerprint density at radius 2 is 1.63 bits per heavy atom. The quantitative estimate of drug-likeness (QED) is 0.307. The average Bonchev–Trinajstić information content (AvgIpc) is 3.05. The number of esters is 2. The summed E-state index contributed by atoms with van der Waals surface area (Å²) in [6.07, 6.45) is -4.06. The summed E-state index contributed by atoms with van der Waals surface area (Å²) in [5.41, 5.74) is 0.0314. The number of carbonyl (C=O) groups excluding carboxylic acids is 2. The molecule has 164 valence electrons. The topological polar surface area (TPSA) is 78.6 Å². The zero-order valence-electron chi connectivity index (χ0n) is 16.0. The molecule has 0 spiro atoms. The number of aromatic nitrogens is 1. The maximum absolute atomic E-state index is 12.7. The predicted octanol–water partition coefficient (Wildman–Crippen LogP) is 5.69. The zero-order valence-corrected chi connectivity index (χ0v) is 19.1. The van der Waals surface area contributed by atoms with Crippen molar-refractivity contribution >= 4 is 43.8 Å². The third kappa shape index (κ3) is 7.12. The Kier molecular flexibility index (Phi) is 8.48. The van der Waals surface area contributed by atoms with Crippen LogP contribution in [0.25, 0.3) is 11.3 Å². The van der Waals surface area contributed by atoms with Gasteiger partial charge >= 0.3 is 18.1 Å². The van der Waals surface area contributed by atoms with E-state index in [1.807, 2.05) is 0 Å². The first-order chi connectivity index (χ1) is 14.0. The van der Waals surface area contributed by atoms with E-state index in [-0.39, 0.29) is 29.7 Å². The van der Waals surface area contributed by atoms with Crippen molar-refractivity contribution < 1.29 is 36.7 Å². The molecule has 0 fully saturated rings. The van der Waals surface area contributed by atoms with Gasteiger partial charge in [-0.3, -0.25) is 9.59 Å². The second kappa shape index (κ2) is 10.4. The highest BCUT2D eigenvalue weighted by atomic mass is 79.9. The number of alkyl halides is 4. The van der Waals surface area contributed by atoms with Crippen LogP contribution >= 0.6 is 31.9 Å². The summed E-state index contributed by atoms with van der Waals surface area (Å²) < 4.78 is 54.1. The highest BCUT2D eigenvalue weighted by Gasteiger charge is 2.30. The van der Waals surface area contributed by atoms with Gasteiger partial charge in [-0.2, -0.15) is 13.2 Å². The number of benzene rings is 1. The van der Waals surface area contributed by atoms with Crippen LogP contribution in [-0.2, 0) is 25.2 Å². The van der Waals surface area contributed by atoms with Crippen LogP contribution in [0.15, 0.2) is 33.4 Å². The zero-order chi connectivity index (χ0) is 22.5. The Hall–Kier alpha value is -1.88. The van der Waals surface area contributed by atoms with E-state index >= 15 is 0 Å².